The number of ether oxygens (including phenoxy) is 3. The van der Waals surface area contributed by atoms with Gasteiger partial charge in [0.05, 0.1) is 19.8 Å². The van der Waals surface area contributed by atoms with Gasteiger partial charge in [0, 0.05) is 39.1 Å². The predicted octanol–water partition coefficient (Wildman–Crippen LogP) is 5.50. The van der Waals surface area contributed by atoms with Crippen molar-refractivity contribution in [3.05, 3.63) is 36.4 Å². The molecule has 0 bridgehead atoms. The number of allylic oxidation sites excluding steroid dienone is 1. The zero-order chi connectivity index (χ0) is 29.3. The number of carbonyl (C=O) groups is 1. The van der Waals surface area contributed by atoms with Crippen LogP contribution in [0.4, 0.5) is 0 Å². The van der Waals surface area contributed by atoms with E-state index in [1.807, 2.05) is 19.1 Å². The fourth-order valence-corrected chi connectivity index (χ4v) is 5.51. The molecule has 0 aliphatic carbocycles. The molecule has 7 heteroatoms. The van der Waals surface area contributed by atoms with Crippen molar-refractivity contribution in [2.45, 2.75) is 78.2 Å². The third kappa shape index (κ3) is 12.2. The molecular formula is C33H56N2O5. The summed E-state index contributed by atoms with van der Waals surface area (Å²) in [6, 6.07) is 6.15. The number of hydrogen-bond donors (Lipinski definition) is 2. The Labute approximate surface area is 243 Å². The second-order valence-electron chi connectivity index (χ2n) is 11.7. The van der Waals surface area contributed by atoms with Crippen molar-refractivity contribution in [2.24, 2.45) is 23.7 Å². The van der Waals surface area contributed by atoms with E-state index in [-0.39, 0.29) is 17.7 Å². The van der Waals surface area contributed by atoms with Crippen molar-refractivity contribution in [3.63, 3.8) is 0 Å². The van der Waals surface area contributed by atoms with Crippen LogP contribution in [0.25, 0.3) is 0 Å². The first kappa shape index (κ1) is 34.1. The van der Waals surface area contributed by atoms with Crippen LogP contribution in [-0.2, 0) is 16.0 Å². The summed E-state index contributed by atoms with van der Waals surface area (Å²) >= 11 is 0. The maximum atomic E-state index is 13.1. The van der Waals surface area contributed by atoms with Gasteiger partial charge in [-0.25, -0.2) is 0 Å². The molecule has 7 nitrogen and oxygen atoms in total. The average molecular weight is 561 g/mol. The summed E-state index contributed by atoms with van der Waals surface area (Å²) in [6.45, 7) is 15.4. The van der Waals surface area contributed by atoms with E-state index < -0.39 is 6.10 Å². The normalized spacial score (nSPS) is 17.2. The highest BCUT2D eigenvalue weighted by atomic mass is 16.5. The summed E-state index contributed by atoms with van der Waals surface area (Å²) in [6.07, 6.45) is 8.82. The minimum Gasteiger partial charge on any atom is -0.493 e. The first-order valence-corrected chi connectivity index (χ1v) is 15.4. The van der Waals surface area contributed by atoms with Crippen molar-refractivity contribution in [2.75, 3.05) is 53.6 Å². The number of aliphatic hydroxyl groups excluding tert-OH is 1. The molecule has 1 amide bonds. The Balaban J connectivity index is 1.91. The van der Waals surface area contributed by atoms with E-state index in [4.69, 9.17) is 14.2 Å². The predicted molar refractivity (Wildman–Crippen MR) is 163 cm³/mol. The van der Waals surface area contributed by atoms with Crippen molar-refractivity contribution in [1.82, 2.24) is 10.2 Å². The number of amides is 1. The Kier molecular flexibility index (Phi) is 16.3. The molecule has 1 aliphatic heterocycles. The quantitative estimate of drug-likeness (QED) is 0.162. The zero-order valence-corrected chi connectivity index (χ0v) is 25.8. The van der Waals surface area contributed by atoms with Gasteiger partial charge < -0.3 is 29.5 Å². The third-order valence-electron chi connectivity index (χ3n) is 8.33. The lowest BCUT2D eigenvalue weighted by atomic mass is 9.82. The Morgan fingerprint density at radius 2 is 1.85 bits per heavy atom. The molecule has 1 aromatic carbocycles. The number of nitrogens with one attached hydrogen (secondary N) is 1. The highest BCUT2D eigenvalue weighted by Crippen LogP contribution is 2.32. The molecule has 1 aliphatic rings. The molecule has 1 heterocycles. The molecule has 2 N–H and O–H groups in total. The van der Waals surface area contributed by atoms with Crippen LogP contribution < -0.4 is 14.8 Å². The van der Waals surface area contributed by atoms with Gasteiger partial charge in [-0.2, -0.15) is 0 Å². The summed E-state index contributed by atoms with van der Waals surface area (Å²) in [5.74, 6) is 2.11. The van der Waals surface area contributed by atoms with Crippen LogP contribution in [0.2, 0.25) is 0 Å². The molecule has 0 saturated carbocycles. The molecule has 0 radical (unpaired) electrons. The summed E-state index contributed by atoms with van der Waals surface area (Å²) in [7, 11) is 3.35. The van der Waals surface area contributed by atoms with Gasteiger partial charge in [-0.05, 0) is 87.1 Å². The van der Waals surface area contributed by atoms with Crippen LogP contribution in [-0.4, -0.2) is 75.6 Å². The third-order valence-corrected chi connectivity index (χ3v) is 8.33. The van der Waals surface area contributed by atoms with Gasteiger partial charge in [0.2, 0.25) is 5.91 Å². The molecule has 0 aromatic heterocycles. The van der Waals surface area contributed by atoms with Crippen LogP contribution in [0.1, 0.15) is 71.3 Å². The van der Waals surface area contributed by atoms with Crippen molar-refractivity contribution in [1.29, 1.82) is 0 Å². The molecule has 40 heavy (non-hydrogen) atoms. The Bertz CT molecular complexity index is 855. The lowest BCUT2D eigenvalue weighted by molar-refractivity contribution is -0.127. The summed E-state index contributed by atoms with van der Waals surface area (Å²) in [5.41, 5.74) is 1.20. The van der Waals surface area contributed by atoms with E-state index in [0.717, 1.165) is 50.4 Å². The largest absolute Gasteiger partial charge is 0.493 e. The molecular weight excluding hydrogens is 504 g/mol. The number of nitrogens with zero attached hydrogens (tertiary/aromatic N) is 1. The Morgan fingerprint density at radius 1 is 1.10 bits per heavy atom. The number of methoxy groups -OCH3 is 2. The topological polar surface area (TPSA) is 80.3 Å². The van der Waals surface area contributed by atoms with Crippen molar-refractivity contribution >= 4 is 5.91 Å². The second kappa shape index (κ2) is 19.1. The molecule has 1 saturated heterocycles. The van der Waals surface area contributed by atoms with Crippen LogP contribution >= 0.6 is 0 Å². The van der Waals surface area contributed by atoms with Gasteiger partial charge in [-0.15, -0.1) is 6.58 Å². The maximum Gasteiger partial charge on any atom is 0.223 e. The smallest absolute Gasteiger partial charge is 0.223 e. The highest BCUT2D eigenvalue weighted by Gasteiger charge is 2.27. The van der Waals surface area contributed by atoms with Crippen LogP contribution in [0.5, 0.6) is 11.5 Å². The standard InChI is InChI=1S/C33H56N2O5/c1-7-26(4)30(33(37)34-16-19-35-17-9-8-10-18-35)24-29(36)14-13-28(25(2)3)22-27-12-15-31(39-6)32(23-27)40-21-11-20-38-5/h7,12,15,23,25-26,28-30,36H,1,8-11,13-14,16-22,24H2,2-6H3,(H,34,37)/t26?,28-,29-,30+/m1/s1. The van der Waals surface area contributed by atoms with E-state index >= 15 is 0 Å². The van der Waals surface area contributed by atoms with Crippen LogP contribution in [0.15, 0.2) is 30.9 Å². The number of benzene rings is 1. The van der Waals surface area contributed by atoms with Gasteiger partial charge in [0.15, 0.2) is 11.5 Å². The number of likely N-dealkylation sites (tertiary alicyclic amines) is 1. The number of piperidine rings is 1. The molecule has 1 fully saturated rings. The van der Waals surface area contributed by atoms with Crippen LogP contribution in [0, 0.1) is 23.7 Å². The molecule has 1 unspecified atom stereocenters. The minimum absolute atomic E-state index is 0.00661. The summed E-state index contributed by atoms with van der Waals surface area (Å²) in [5, 5.41) is 14.2. The Morgan fingerprint density at radius 3 is 2.50 bits per heavy atom. The minimum atomic E-state index is -0.531. The molecule has 228 valence electrons. The number of hydrogen-bond acceptors (Lipinski definition) is 6. The Hall–Kier alpha value is -2.09. The molecule has 2 rings (SSSR count). The van der Waals surface area contributed by atoms with Gasteiger partial charge in [0.25, 0.3) is 0 Å². The van der Waals surface area contributed by atoms with Gasteiger partial charge in [-0.1, -0.05) is 39.3 Å². The first-order valence-electron chi connectivity index (χ1n) is 15.4. The van der Waals surface area contributed by atoms with Crippen LogP contribution in [0.3, 0.4) is 0 Å². The van der Waals surface area contributed by atoms with E-state index in [1.165, 1.54) is 24.8 Å². The average Bonchev–Trinajstić information content (AvgIpc) is 2.96. The van der Waals surface area contributed by atoms with Gasteiger partial charge in [0.1, 0.15) is 0 Å². The molecule has 4 atom stereocenters. The van der Waals surface area contributed by atoms with Gasteiger partial charge in [-0.3, -0.25) is 4.79 Å². The fraction of sp³-hybridized carbons (Fsp3) is 0.727. The SMILES string of the molecule is C=CC(C)[C@H](C[C@H](O)CC[C@H](Cc1ccc(OC)c(OCCCOC)c1)C(C)C)C(=O)NCCN1CCCCC1. The van der Waals surface area contributed by atoms with E-state index in [9.17, 15) is 9.90 Å². The molecule has 1 aromatic rings. The fourth-order valence-electron chi connectivity index (χ4n) is 5.51. The number of aliphatic hydroxyl groups is 1. The number of rotatable bonds is 20. The highest BCUT2D eigenvalue weighted by molar-refractivity contribution is 5.79. The van der Waals surface area contributed by atoms with Crippen molar-refractivity contribution < 1.29 is 24.1 Å². The summed E-state index contributed by atoms with van der Waals surface area (Å²) < 4.78 is 16.6. The van der Waals surface area contributed by atoms with E-state index in [0.29, 0.717) is 44.4 Å². The van der Waals surface area contributed by atoms with E-state index in [1.54, 1.807) is 14.2 Å². The summed E-state index contributed by atoms with van der Waals surface area (Å²) in [4.78, 5) is 15.5. The van der Waals surface area contributed by atoms with Crippen molar-refractivity contribution in [3.8, 4) is 11.5 Å². The lowest BCUT2D eigenvalue weighted by Crippen LogP contribution is -2.41. The lowest BCUT2D eigenvalue weighted by Gasteiger charge is -2.28. The first-order chi connectivity index (χ1) is 19.3. The zero-order valence-electron chi connectivity index (χ0n) is 25.8. The number of carbonyl (C=O) groups excluding carboxylic acids is 1. The monoisotopic (exact) mass is 560 g/mol. The van der Waals surface area contributed by atoms with E-state index in [2.05, 4.69) is 42.8 Å². The van der Waals surface area contributed by atoms with Gasteiger partial charge >= 0.3 is 0 Å². The maximum absolute atomic E-state index is 13.1. The second-order valence-corrected chi connectivity index (χ2v) is 11.7. The molecule has 0 spiro atoms.